The second-order valence-corrected chi connectivity index (χ2v) is 4.95. The van der Waals surface area contributed by atoms with E-state index in [2.05, 4.69) is 26.8 Å². The molecule has 0 nitrogen and oxygen atoms in total. The molecule has 0 spiro atoms. The Labute approximate surface area is 95.5 Å². The van der Waals surface area contributed by atoms with Crippen LogP contribution in [0.15, 0.2) is 22.8 Å². The summed E-state index contributed by atoms with van der Waals surface area (Å²) in [4.78, 5) is 0. The van der Waals surface area contributed by atoms with Crippen LogP contribution in [0.2, 0.25) is 0 Å². The van der Waals surface area contributed by atoms with Crippen molar-refractivity contribution in [1.82, 2.24) is 0 Å². The molecule has 0 heterocycles. The maximum atomic E-state index is 2.43. The maximum Gasteiger partial charge on any atom is -0.0317 e. The van der Waals surface area contributed by atoms with Crippen molar-refractivity contribution in [1.29, 1.82) is 0 Å². The Balaban J connectivity index is 2.65. The maximum absolute atomic E-state index is 2.43. The first kappa shape index (κ1) is 12.5. The van der Waals surface area contributed by atoms with E-state index in [4.69, 9.17) is 0 Å². The third-order valence-electron chi connectivity index (χ3n) is 3.69. The van der Waals surface area contributed by atoms with E-state index >= 15 is 0 Å². The van der Waals surface area contributed by atoms with Crippen LogP contribution >= 0.6 is 0 Å². The molecule has 1 rings (SSSR count). The van der Waals surface area contributed by atoms with Crippen LogP contribution in [0, 0.1) is 0 Å². The van der Waals surface area contributed by atoms with Gasteiger partial charge in [0.25, 0.3) is 0 Å². The van der Waals surface area contributed by atoms with Crippen LogP contribution < -0.4 is 0 Å². The van der Waals surface area contributed by atoms with Crippen LogP contribution in [-0.4, -0.2) is 0 Å². The average molecular weight is 206 g/mol. The predicted octanol–water partition coefficient (Wildman–Crippen LogP) is 5.40. The smallest absolute Gasteiger partial charge is 0.0317 e. The summed E-state index contributed by atoms with van der Waals surface area (Å²) in [7, 11) is 0. The topological polar surface area (TPSA) is 0 Å². The molecule has 0 saturated heterocycles. The summed E-state index contributed by atoms with van der Waals surface area (Å²) in [6, 6.07) is 0. The first-order valence-electron chi connectivity index (χ1n) is 6.55. The van der Waals surface area contributed by atoms with Crippen LogP contribution in [0.5, 0.6) is 0 Å². The van der Waals surface area contributed by atoms with Crippen LogP contribution in [-0.2, 0) is 0 Å². The van der Waals surface area contributed by atoms with Crippen molar-refractivity contribution in [2.24, 2.45) is 0 Å². The third-order valence-corrected chi connectivity index (χ3v) is 3.69. The molecule has 0 aromatic heterocycles. The highest BCUT2D eigenvalue weighted by molar-refractivity contribution is 5.31. The van der Waals surface area contributed by atoms with Crippen molar-refractivity contribution in [3.63, 3.8) is 0 Å². The lowest BCUT2D eigenvalue weighted by molar-refractivity contribution is 0.593. The lowest BCUT2D eigenvalue weighted by Crippen LogP contribution is -1.90. The summed E-state index contributed by atoms with van der Waals surface area (Å²) in [5.41, 5.74) is 4.65. The number of allylic oxidation sites excluding steroid dienone is 4. The molecule has 0 fully saturated rings. The predicted molar refractivity (Wildman–Crippen MR) is 69.1 cm³/mol. The summed E-state index contributed by atoms with van der Waals surface area (Å²) in [5.74, 6) is 0. The van der Waals surface area contributed by atoms with E-state index < -0.39 is 0 Å². The van der Waals surface area contributed by atoms with Crippen LogP contribution in [0.25, 0.3) is 0 Å². The van der Waals surface area contributed by atoms with Gasteiger partial charge in [-0.2, -0.15) is 0 Å². The molecule has 0 radical (unpaired) electrons. The van der Waals surface area contributed by atoms with Crippen LogP contribution in [0.3, 0.4) is 0 Å². The second kappa shape index (κ2) is 6.87. The molecule has 0 amide bonds. The van der Waals surface area contributed by atoms with Crippen LogP contribution in [0.1, 0.15) is 72.1 Å². The van der Waals surface area contributed by atoms with Crippen molar-refractivity contribution in [2.45, 2.75) is 72.1 Å². The molecule has 0 aromatic carbocycles. The van der Waals surface area contributed by atoms with Crippen molar-refractivity contribution in [2.75, 3.05) is 0 Å². The van der Waals surface area contributed by atoms with E-state index in [1.54, 1.807) is 5.57 Å². The minimum Gasteiger partial charge on any atom is -0.0813 e. The first-order chi connectivity index (χ1) is 7.22. The molecule has 0 atom stereocenters. The SMILES string of the molecule is CC1=CCCCCCCCCC(C)=C1C. The minimum absolute atomic E-state index is 1.27. The van der Waals surface area contributed by atoms with E-state index in [0.29, 0.717) is 0 Å². The minimum atomic E-state index is 1.27. The Kier molecular flexibility index (Phi) is 5.75. The van der Waals surface area contributed by atoms with Gasteiger partial charge in [-0.15, -0.1) is 0 Å². The summed E-state index contributed by atoms with van der Waals surface area (Å²) in [6.07, 6.45) is 13.5. The van der Waals surface area contributed by atoms with E-state index in [1.165, 1.54) is 62.5 Å². The fourth-order valence-electron chi connectivity index (χ4n) is 2.24. The van der Waals surface area contributed by atoms with Gasteiger partial charge in [-0.1, -0.05) is 42.9 Å². The number of rotatable bonds is 0. The quantitative estimate of drug-likeness (QED) is 0.497. The highest BCUT2D eigenvalue weighted by Crippen LogP contribution is 2.21. The molecule has 15 heavy (non-hydrogen) atoms. The lowest BCUT2D eigenvalue weighted by Gasteiger charge is -2.10. The Morgan fingerprint density at radius 2 is 1.40 bits per heavy atom. The van der Waals surface area contributed by atoms with Gasteiger partial charge < -0.3 is 0 Å². The summed E-state index contributed by atoms with van der Waals surface area (Å²) in [5, 5.41) is 0. The second-order valence-electron chi connectivity index (χ2n) is 4.95. The molecule has 0 heteroatoms. The molecule has 86 valence electrons. The fourth-order valence-corrected chi connectivity index (χ4v) is 2.24. The molecule has 0 N–H and O–H groups in total. The summed E-state index contributed by atoms with van der Waals surface area (Å²) in [6.45, 7) is 6.86. The Bertz CT molecular complexity index is 243. The van der Waals surface area contributed by atoms with Crippen LogP contribution in [0.4, 0.5) is 0 Å². The van der Waals surface area contributed by atoms with Crippen molar-refractivity contribution in [3.8, 4) is 0 Å². The summed E-state index contributed by atoms with van der Waals surface area (Å²) < 4.78 is 0. The molecule has 0 saturated carbocycles. The van der Waals surface area contributed by atoms with Gasteiger partial charge in [-0.3, -0.25) is 0 Å². The zero-order valence-corrected chi connectivity index (χ0v) is 10.7. The van der Waals surface area contributed by atoms with Gasteiger partial charge in [0, 0.05) is 0 Å². The highest BCUT2D eigenvalue weighted by Gasteiger charge is 2.01. The normalized spacial score (nSPS) is 21.7. The molecule has 0 aliphatic heterocycles. The fraction of sp³-hybridized carbons (Fsp3) is 0.733. The van der Waals surface area contributed by atoms with E-state index in [0.717, 1.165) is 0 Å². The van der Waals surface area contributed by atoms with Gasteiger partial charge in [0.1, 0.15) is 0 Å². The van der Waals surface area contributed by atoms with Gasteiger partial charge in [0.05, 0.1) is 0 Å². The molecular formula is C15H26. The summed E-state index contributed by atoms with van der Waals surface area (Å²) >= 11 is 0. The van der Waals surface area contributed by atoms with Gasteiger partial charge in [0.2, 0.25) is 0 Å². The van der Waals surface area contributed by atoms with Gasteiger partial charge in [-0.25, -0.2) is 0 Å². The monoisotopic (exact) mass is 206 g/mol. The Hall–Kier alpha value is -0.520. The van der Waals surface area contributed by atoms with Gasteiger partial charge >= 0.3 is 0 Å². The van der Waals surface area contributed by atoms with Gasteiger partial charge in [0.15, 0.2) is 0 Å². The zero-order valence-electron chi connectivity index (χ0n) is 10.7. The first-order valence-corrected chi connectivity index (χ1v) is 6.55. The van der Waals surface area contributed by atoms with E-state index in [-0.39, 0.29) is 0 Å². The lowest BCUT2D eigenvalue weighted by atomic mass is 9.96. The van der Waals surface area contributed by atoms with E-state index in [1.807, 2.05) is 0 Å². The van der Waals surface area contributed by atoms with Crippen molar-refractivity contribution in [3.05, 3.63) is 22.8 Å². The van der Waals surface area contributed by atoms with Crippen molar-refractivity contribution < 1.29 is 0 Å². The van der Waals surface area contributed by atoms with E-state index in [9.17, 15) is 0 Å². The third kappa shape index (κ3) is 4.68. The Morgan fingerprint density at radius 1 is 0.800 bits per heavy atom. The molecular weight excluding hydrogens is 180 g/mol. The Morgan fingerprint density at radius 3 is 2.13 bits per heavy atom. The van der Waals surface area contributed by atoms with Gasteiger partial charge in [-0.05, 0) is 52.0 Å². The molecule has 0 unspecified atom stereocenters. The number of hydrogen-bond donors (Lipinski definition) is 0. The van der Waals surface area contributed by atoms with Crippen molar-refractivity contribution >= 4 is 0 Å². The molecule has 0 aromatic rings. The standard InChI is InChI=1S/C15H26/c1-13-11-9-7-5-4-6-8-10-12-14(2)15(13)3/h11H,4-10,12H2,1-3H3. The molecule has 1 aliphatic rings. The largest absolute Gasteiger partial charge is 0.0813 e. The molecule has 1 aliphatic carbocycles. The molecule has 0 bridgehead atoms. The highest BCUT2D eigenvalue weighted by atomic mass is 14.1. The average Bonchev–Trinajstić information content (AvgIpc) is 2.23. The number of hydrogen-bond acceptors (Lipinski definition) is 0. The zero-order chi connectivity index (χ0) is 11.1.